The molecule has 1 aromatic carbocycles. The first kappa shape index (κ1) is 23.4. The molecule has 1 saturated heterocycles. The summed E-state index contributed by atoms with van der Waals surface area (Å²) in [6.45, 7) is 7.71. The summed E-state index contributed by atoms with van der Waals surface area (Å²) >= 11 is 6.64. The zero-order valence-electron chi connectivity index (χ0n) is 20.3. The third kappa shape index (κ3) is 5.20. The lowest BCUT2D eigenvalue weighted by atomic mass is 9.93. The molecule has 3 aromatic heterocycles. The smallest absolute Gasteiger partial charge is 0.410 e. The van der Waals surface area contributed by atoms with E-state index in [9.17, 15) is 4.79 Å². The average molecular weight is 492 g/mol. The summed E-state index contributed by atoms with van der Waals surface area (Å²) in [5, 5.41) is 6.15. The van der Waals surface area contributed by atoms with Gasteiger partial charge in [-0.2, -0.15) is 5.10 Å². The van der Waals surface area contributed by atoms with Crippen molar-refractivity contribution in [3.63, 3.8) is 0 Å². The summed E-state index contributed by atoms with van der Waals surface area (Å²) in [4.78, 5) is 22.3. The molecule has 5 rings (SSSR count). The second-order valence-electron chi connectivity index (χ2n) is 10.1. The Hall–Kier alpha value is -3.32. The summed E-state index contributed by atoms with van der Waals surface area (Å²) in [7, 11) is 0. The van der Waals surface area contributed by atoms with E-state index in [4.69, 9.17) is 16.3 Å². The third-order valence-electron chi connectivity index (χ3n) is 6.33. The normalized spacial score (nSPS) is 15.0. The van der Waals surface area contributed by atoms with Crippen LogP contribution in [0.15, 0.2) is 55.0 Å². The predicted molar refractivity (Wildman–Crippen MR) is 138 cm³/mol. The number of fused-ring (bicyclic) bond motifs is 1. The number of pyridine rings is 1. The number of H-pyrrole nitrogens is 1. The van der Waals surface area contributed by atoms with Crippen LogP contribution in [0.4, 0.5) is 4.79 Å². The molecule has 35 heavy (non-hydrogen) atoms. The number of benzene rings is 1. The van der Waals surface area contributed by atoms with E-state index in [0.29, 0.717) is 30.6 Å². The Morgan fingerprint density at radius 3 is 2.63 bits per heavy atom. The fraction of sp³-hybridized carbons (Fsp3) is 0.370. The van der Waals surface area contributed by atoms with E-state index in [2.05, 4.69) is 33.3 Å². The molecule has 4 aromatic rings. The monoisotopic (exact) mass is 491 g/mol. The Labute approximate surface area is 210 Å². The molecule has 8 heteroatoms. The fourth-order valence-corrected chi connectivity index (χ4v) is 4.89. The quantitative estimate of drug-likeness (QED) is 0.366. The number of nitrogens with zero attached hydrogens (tertiary/aromatic N) is 4. The zero-order chi connectivity index (χ0) is 24.6. The average Bonchev–Trinajstić information content (AvgIpc) is 3.46. The number of aromatic amines is 1. The highest BCUT2D eigenvalue weighted by Crippen LogP contribution is 2.37. The van der Waals surface area contributed by atoms with Gasteiger partial charge >= 0.3 is 6.09 Å². The molecule has 0 unspecified atom stereocenters. The molecule has 182 valence electrons. The van der Waals surface area contributed by atoms with Crippen LogP contribution in [-0.2, 0) is 11.3 Å². The van der Waals surface area contributed by atoms with Gasteiger partial charge in [0.05, 0.1) is 17.8 Å². The minimum Gasteiger partial charge on any atom is -0.444 e. The number of ether oxygens (including phenoxy) is 1. The van der Waals surface area contributed by atoms with Crippen molar-refractivity contribution < 1.29 is 9.53 Å². The summed E-state index contributed by atoms with van der Waals surface area (Å²) in [5.74, 6) is 0.315. The zero-order valence-corrected chi connectivity index (χ0v) is 21.0. The van der Waals surface area contributed by atoms with E-state index in [1.54, 1.807) is 11.1 Å². The Bertz CT molecular complexity index is 1330. The van der Waals surface area contributed by atoms with Crippen LogP contribution in [0, 0.1) is 0 Å². The lowest BCUT2D eigenvalue weighted by molar-refractivity contribution is 0.0204. The number of amides is 1. The van der Waals surface area contributed by atoms with Crippen LogP contribution in [0.25, 0.3) is 22.2 Å². The van der Waals surface area contributed by atoms with Crippen molar-refractivity contribution in [2.45, 2.75) is 51.7 Å². The molecule has 4 heterocycles. The molecule has 1 aliphatic rings. The number of halogens is 1. The van der Waals surface area contributed by atoms with Crippen LogP contribution in [0.3, 0.4) is 0 Å². The lowest BCUT2D eigenvalue weighted by Crippen LogP contribution is -2.41. The molecule has 0 atom stereocenters. The number of rotatable bonds is 4. The minimum atomic E-state index is -0.485. The molecule has 7 nitrogen and oxygen atoms in total. The maximum Gasteiger partial charge on any atom is 0.410 e. The number of piperidine rings is 1. The van der Waals surface area contributed by atoms with Gasteiger partial charge in [0.2, 0.25) is 0 Å². The van der Waals surface area contributed by atoms with Crippen molar-refractivity contribution in [3.8, 4) is 11.1 Å². The fourth-order valence-electron chi connectivity index (χ4n) is 4.63. The molecule has 0 saturated carbocycles. The number of hydrogen-bond donors (Lipinski definition) is 1. The topological polar surface area (TPSA) is 76.0 Å². The van der Waals surface area contributed by atoms with E-state index in [0.717, 1.165) is 40.7 Å². The highest BCUT2D eigenvalue weighted by molar-refractivity contribution is 6.34. The van der Waals surface area contributed by atoms with Crippen molar-refractivity contribution in [1.82, 2.24) is 24.6 Å². The standard InChI is InChI=1S/C27H30ClN5O2/c1-27(2,3)35-26(34)32-11-9-19(10-12-32)23-13-21-24(22(28)15-29-25(21)31-23)20-14-30-33(17-20)16-18-7-5-4-6-8-18/h4-8,13-15,17,19H,9-12,16H2,1-3H3,(H,29,31). The van der Waals surface area contributed by atoms with E-state index < -0.39 is 5.60 Å². The van der Waals surface area contributed by atoms with E-state index in [1.165, 1.54) is 5.56 Å². The molecule has 0 bridgehead atoms. The molecular formula is C27H30ClN5O2. The van der Waals surface area contributed by atoms with Gasteiger partial charge < -0.3 is 14.6 Å². The Morgan fingerprint density at radius 2 is 1.91 bits per heavy atom. The van der Waals surface area contributed by atoms with Gasteiger partial charge in [-0.1, -0.05) is 41.9 Å². The van der Waals surface area contributed by atoms with Crippen molar-refractivity contribution >= 4 is 28.7 Å². The van der Waals surface area contributed by atoms with Crippen molar-refractivity contribution in [2.75, 3.05) is 13.1 Å². The molecule has 1 amide bonds. The maximum absolute atomic E-state index is 12.4. The van der Waals surface area contributed by atoms with E-state index >= 15 is 0 Å². The second-order valence-corrected chi connectivity index (χ2v) is 10.5. The first-order valence-electron chi connectivity index (χ1n) is 12.0. The highest BCUT2D eigenvalue weighted by atomic mass is 35.5. The van der Waals surface area contributed by atoms with Crippen molar-refractivity contribution in [2.24, 2.45) is 0 Å². The third-order valence-corrected chi connectivity index (χ3v) is 6.62. The van der Waals surface area contributed by atoms with Crippen LogP contribution in [0.2, 0.25) is 5.02 Å². The van der Waals surface area contributed by atoms with Crippen LogP contribution < -0.4 is 0 Å². The minimum absolute atomic E-state index is 0.240. The number of aromatic nitrogens is 4. The highest BCUT2D eigenvalue weighted by Gasteiger charge is 2.28. The Balaban J connectivity index is 1.35. The van der Waals surface area contributed by atoms with Crippen molar-refractivity contribution in [1.29, 1.82) is 0 Å². The van der Waals surface area contributed by atoms with Gasteiger partial charge in [0.1, 0.15) is 11.2 Å². The predicted octanol–water partition coefficient (Wildman–Crippen LogP) is 6.24. The molecule has 1 aliphatic heterocycles. The number of carbonyl (C=O) groups is 1. The van der Waals surface area contributed by atoms with Gasteiger partial charge in [-0.25, -0.2) is 9.78 Å². The first-order valence-corrected chi connectivity index (χ1v) is 12.4. The molecule has 0 aliphatic carbocycles. The van der Waals surface area contributed by atoms with Crippen LogP contribution in [0.1, 0.15) is 50.8 Å². The van der Waals surface area contributed by atoms with Crippen LogP contribution >= 0.6 is 11.6 Å². The molecule has 1 fully saturated rings. The van der Waals surface area contributed by atoms with Gasteiger partial charge in [-0.3, -0.25) is 4.68 Å². The van der Waals surface area contributed by atoms with Crippen LogP contribution in [-0.4, -0.2) is 49.4 Å². The van der Waals surface area contributed by atoms with E-state index in [1.807, 2.05) is 56.0 Å². The second kappa shape index (κ2) is 9.38. The number of likely N-dealkylation sites (tertiary alicyclic amines) is 1. The first-order chi connectivity index (χ1) is 16.8. The summed E-state index contributed by atoms with van der Waals surface area (Å²) in [6.07, 6.45) is 7.07. The number of hydrogen-bond acceptors (Lipinski definition) is 4. The number of nitrogens with one attached hydrogen (secondary N) is 1. The van der Waals surface area contributed by atoms with Crippen LogP contribution in [0.5, 0.6) is 0 Å². The largest absolute Gasteiger partial charge is 0.444 e. The number of carbonyl (C=O) groups excluding carboxylic acids is 1. The van der Waals surface area contributed by atoms with Gasteiger partial charge in [0.25, 0.3) is 0 Å². The lowest BCUT2D eigenvalue weighted by Gasteiger charge is -2.33. The van der Waals surface area contributed by atoms with Gasteiger partial charge in [0.15, 0.2) is 0 Å². The molecule has 0 spiro atoms. The summed E-state index contributed by atoms with van der Waals surface area (Å²) in [6, 6.07) is 12.4. The Morgan fingerprint density at radius 1 is 1.17 bits per heavy atom. The van der Waals surface area contributed by atoms with E-state index in [-0.39, 0.29) is 6.09 Å². The molecule has 0 radical (unpaired) electrons. The molecule has 1 N–H and O–H groups in total. The van der Waals surface area contributed by atoms with Gasteiger partial charge in [-0.05, 0) is 45.2 Å². The van der Waals surface area contributed by atoms with Gasteiger partial charge in [0, 0.05) is 53.6 Å². The van der Waals surface area contributed by atoms with Gasteiger partial charge in [-0.15, -0.1) is 0 Å². The summed E-state index contributed by atoms with van der Waals surface area (Å²) < 4.78 is 7.45. The molecular weight excluding hydrogens is 462 g/mol. The van der Waals surface area contributed by atoms with Crippen molar-refractivity contribution in [3.05, 3.63) is 71.3 Å². The summed E-state index contributed by atoms with van der Waals surface area (Å²) in [5.41, 5.74) is 4.53. The SMILES string of the molecule is CC(C)(C)OC(=O)N1CCC(c2cc3c(-c4cnn(Cc5ccccc5)c4)c(Cl)cnc3[nH]2)CC1. The maximum atomic E-state index is 12.4. The Kier molecular flexibility index (Phi) is 6.28.